The molecule has 1 atom stereocenters. The molecule has 0 rings (SSSR count). The number of hydrogen-bond donors (Lipinski definition) is 1. The summed E-state index contributed by atoms with van der Waals surface area (Å²) in [5.41, 5.74) is 0. The van der Waals surface area contributed by atoms with Crippen molar-refractivity contribution >= 4 is 11.9 Å². The van der Waals surface area contributed by atoms with Gasteiger partial charge in [0.05, 0.1) is 6.10 Å². The molecule has 0 aliphatic heterocycles. The van der Waals surface area contributed by atoms with Crippen LogP contribution in [0.2, 0.25) is 0 Å². The first-order chi connectivity index (χ1) is 6.60. The van der Waals surface area contributed by atoms with Gasteiger partial charge in [-0.1, -0.05) is 6.92 Å². The summed E-state index contributed by atoms with van der Waals surface area (Å²) in [5, 5.41) is 8.21. The predicted octanol–water partition coefficient (Wildman–Crippen LogP) is 0.595. The first kappa shape index (κ1) is 12.6. The lowest BCUT2D eigenvalue weighted by Gasteiger charge is -2.11. The van der Waals surface area contributed by atoms with E-state index in [4.69, 9.17) is 14.6 Å². The van der Waals surface area contributed by atoms with Gasteiger partial charge in [-0.15, -0.1) is 0 Å². The van der Waals surface area contributed by atoms with Crippen molar-refractivity contribution in [1.29, 1.82) is 0 Å². The van der Waals surface area contributed by atoms with E-state index in [1.54, 1.807) is 0 Å². The molecular formula is C9H14O5. The molecule has 0 aromatic rings. The molecule has 0 aromatic heterocycles. The molecular weight excluding hydrogens is 188 g/mol. The first-order valence-electron chi connectivity index (χ1n) is 4.20. The second-order valence-electron chi connectivity index (χ2n) is 2.57. The van der Waals surface area contributed by atoms with Gasteiger partial charge in [-0.25, -0.2) is 9.59 Å². The number of hydrogen-bond acceptors (Lipinski definition) is 4. The zero-order valence-corrected chi connectivity index (χ0v) is 8.23. The van der Waals surface area contributed by atoms with Gasteiger partial charge in [0.1, 0.15) is 6.61 Å². The van der Waals surface area contributed by atoms with E-state index in [1.807, 2.05) is 6.92 Å². The van der Waals surface area contributed by atoms with Gasteiger partial charge in [0, 0.05) is 19.3 Å². The van der Waals surface area contributed by atoms with Gasteiger partial charge >= 0.3 is 11.9 Å². The third kappa shape index (κ3) is 6.19. The smallest absolute Gasteiger partial charge is 0.331 e. The molecule has 0 aliphatic carbocycles. The fourth-order valence-corrected chi connectivity index (χ4v) is 0.715. The van der Waals surface area contributed by atoms with E-state index in [9.17, 15) is 9.59 Å². The molecule has 80 valence electrons. The Morgan fingerprint density at radius 2 is 2.07 bits per heavy atom. The number of esters is 1. The molecule has 1 N–H and O–H groups in total. The van der Waals surface area contributed by atoms with Crippen LogP contribution < -0.4 is 0 Å². The second-order valence-corrected chi connectivity index (χ2v) is 2.57. The minimum Gasteiger partial charge on any atom is -0.478 e. The van der Waals surface area contributed by atoms with Gasteiger partial charge < -0.3 is 14.6 Å². The Bertz CT molecular complexity index is 217. The monoisotopic (exact) mass is 202 g/mol. The molecule has 0 saturated carbocycles. The number of carboxylic acid groups (broad SMARTS) is 1. The lowest BCUT2D eigenvalue weighted by Crippen LogP contribution is -2.19. The highest BCUT2D eigenvalue weighted by Crippen LogP contribution is 1.97. The summed E-state index contributed by atoms with van der Waals surface area (Å²) in [6, 6.07) is 0. The van der Waals surface area contributed by atoms with Crippen molar-refractivity contribution in [3.63, 3.8) is 0 Å². The van der Waals surface area contributed by atoms with Gasteiger partial charge in [-0.05, 0) is 6.42 Å². The Kier molecular flexibility index (Phi) is 6.39. The molecule has 0 bridgehead atoms. The Morgan fingerprint density at radius 3 is 2.50 bits per heavy atom. The molecule has 5 nitrogen and oxygen atoms in total. The molecule has 0 aliphatic rings. The average molecular weight is 202 g/mol. The summed E-state index contributed by atoms with van der Waals surface area (Å²) in [7, 11) is 1.52. The Labute approximate surface area is 82.3 Å². The fourth-order valence-electron chi connectivity index (χ4n) is 0.715. The van der Waals surface area contributed by atoms with Crippen molar-refractivity contribution in [3.05, 3.63) is 12.2 Å². The number of carboxylic acids is 1. The van der Waals surface area contributed by atoms with Gasteiger partial charge in [-0.3, -0.25) is 0 Å². The van der Waals surface area contributed by atoms with Crippen LogP contribution in [0.5, 0.6) is 0 Å². The topological polar surface area (TPSA) is 72.8 Å². The maximum absolute atomic E-state index is 10.9. The van der Waals surface area contributed by atoms with Gasteiger partial charge in [0.2, 0.25) is 0 Å². The van der Waals surface area contributed by atoms with Gasteiger partial charge in [0.25, 0.3) is 0 Å². The Morgan fingerprint density at radius 1 is 1.43 bits per heavy atom. The predicted molar refractivity (Wildman–Crippen MR) is 48.8 cm³/mol. The van der Waals surface area contributed by atoms with Crippen LogP contribution in [0.3, 0.4) is 0 Å². The standard InChI is InChI=1S/C9H14O5/c1-3-7(13-2)6-14-9(12)5-4-8(10)11/h4-5,7H,3,6H2,1-2H3,(H,10,11)/b5-4-. The summed E-state index contributed by atoms with van der Waals surface area (Å²) in [6.45, 7) is 2.03. The van der Waals surface area contributed by atoms with Crippen LogP contribution in [0.1, 0.15) is 13.3 Å². The number of aliphatic carboxylic acids is 1. The van der Waals surface area contributed by atoms with Crippen molar-refractivity contribution in [2.75, 3.05) is 13.7 Å². The molecule has 0 fully saturated rings. The van der Waals surface area contributed by atoms with E-state index in [0.29, 0.717) is 0 Å². The molecule has 5 heteroatoms. The van der Waals surface area contributed by atoms with E-state index >= 15 is 0 Å². The first-order valence-corrected chi connectivity index (χ1v) is 4.20. The number of rotatable bonds is 6. The summed E-state index contributed by atoms with van der Waals surface area (Å²) in [6.07, 6.45) is 2.19. The molecule has 0 aromatic carbocycles. The van der Waals surface area contributed by atoms with Crippen molar-refractivity contribution < 1.29 is 24.2 Å². The third-order valence-corrected chi connectivity index (χ3v) is 1.56. The van der Waals surface area contributed by atoms with E-state index in [2.05, 4.69) is 0 Å². The quantitative estimate of drug-likeness (QED) is 0.504. The summed E-state index contributed by atoms with van der Waals surface area (Å²) >= 11 is 0. The highest BCUT2D eigenvalue weighted by atomic mass is 16.6. The van der Waals surface area contributed by atoms with Crippen LogP contribution >= 0.6 is 0 Å². The zero-order chi connectivity index (χ0) is 11.0. The van der Waals surface area contributed by atoms with Crippen molar-refractivity contribution in [2.45, 2.75) is 19.4 Å². The molecule has 14 heavy (non-hydrogen) atoms. The number of carbonyl (C=O) groups is 2. The Hall–Kier alpha value is -1.36. The molecule has 0 saturated heterocycles. The van der Waals surface area contributed by atoms with Gasteiger partial charge in [-0.2, -0.15) is 0 Å². The molecule has 1 unspecified atom stereocenters. The SMILES string of the molecule is CCC(COC(=O)/C=C\C(=O)O)OC. The molecule has 0 amide bonds. The van der Waals surface area contributed by atoms with Crippen molar-refractivity contribution in [3.8, 4) is 0 Å². The van der Waals surface area contributed by atoms with Crippen LogP contribution in [0.4, 0.5) is 0 Å². The van der Waals surface area contributed by atoms with Crippen LogP contribution in [0, 0.1) is 0 Å². The summed E-state index contributed by atoms with van der Waals surface area (Å²) < 4.78 is 9.68. The van der Waals surface area contributed by atoms with Crippen LogP contribution in [0.15, 0.2) is 12.2 Å². The van der Waals surface area contributed by atoms with Gasteiger partial charge in [0.15, 0.2) is 0 Å². The number of carbonyl (C=O) groups excluding carboxylic acids is 1. The Balaban J connectivity index is 3.78. The summed E-state index contributed by atoms with van der Waals surface area (Å²) in [5.74, 6) is -1.86. The van der Waals surface area contributed by atoms with Crippen LogP contribution in [0.25, 0.3) is 0 Å². The van der Waals surface area contributed by atoms with Crippen LogP contribution in [-0.4, -0.2) is 36.9 Å². The largest absolute Gasteiger partial charge is 0.478 e. The van der Waals surface area contributed by atoms with Crippen LogP contribution in [-0.2, 0) is 19.1 Å². The van der Waals surface area contributed by atoms with E-state index < -0.39 is 11.9 Å². The maximum Gasteiger partial charge on any atom is 0.331 e. The average Bonchev–Trinajstić information content (AvgIpc) is 2.16. The van der Waals surface area contributed by atoms with E-state index in [0.717, 1.165) is 18.6 Å². The van der Waals surface area contributed by atoms with E-state index in [-0.39, 0.29) is 12.7 Å². The lowest BCUT2D eigenvalue weighted by atomic mass is 10.3. The maximum atomic E-state index is 10.9. The zero-order valence-electron chi connectivity index (χ0n) is 8.23. The highest BCUT2D eigenvalue weighted by molar-refractivity contribution is 5.90. The third-order valence-electron chi connectivity index (χ3n) is 1.56. The normalized spacial score (nSPS) is 12.7. The molecule has 0 heterocycles. The highest BCUT2D eigenvalue weighted by Gasteiger charge is 2.06. The van der Waals surface area contributed by atoms with E-state index in [1.165, 1.54) is 7.11 Å². The minimum atomic E-state index is -1.18. The van der Waals surface area contributed by atoms with Crippen molar-refractivity contribution in [2.24, 2.45) is 0 Å². The van der Waals surface area contributed by atoms with Crippen molar-refractivity contribution in [1.82, 2.24) is 0 Å². The lowest BCUT2D eigenvalue weighted by molar-refractivity contribution is -0.142. The minimum absolute atomic E-state index is 0.135. The number of methoxy groups -OCH3 is 1. The second kappa shape index (κ2) is 7.08. The summed E-state index contributed by atoms with van der Waals surface area (Å²) in [4.78, 5) is 20.9. The molecule has 0 radical (unpaired) electrons. The number of ether oxygens (including phenoxy) is 2. The molecule has 0 spiro atoms. The fraction of sp³-hybridized carbons (Fsp3) is 0.556.